The quantitative estimate of drug-likeness (QED) is 0.165. The third-order valence-electron chi connectivity index (χ3n) is 8.51. The van der Waals surface area contributed by atoms with Crippen molar-refractivity contribution in [1.29, 1.82) is 0 Å². The average Bonchev–Trinajstić information content (AvgIpc) is 3.82. The molecular formula is C37H32NO3PS. The molecule has 7 rings (SSSR count). The number of benzene rings is 5. The van der Waals surface area contributed by atoms with Crippen LogP contribution in [0.2, 0.25) is 0 Å². The van der Waals surface area contributed by atoms with Gasteiger partial charge in [-0.1, -0.05) is 127 Å². The second-order valence-electron chi connectivity index (χ2n) is 11.3. The van der Waals surface area contributed by atoms with Crippen molar-refractivity contribution in [2.24, 2.45) is 5.92 Å². The summed E-state index contributed by atoms with van der Waals surface area (Å²) < 4.78 is 47.3. The van der Waals surface area contributed by atoms with E-state index in [0.717, 1.165) is 45.5 Å². The molecule has 1 aromatic heterocycles. The lowest BCUT2D eigenvalue weighted by Gasteiger charge is -2.31. The van der Waals surface area contributed by atoms with Gasteiger partial charge in [0.05, 0.1) is 21.8 Å². The summed E-state index contributed by atoms with van der Waals surface area (Å²) in [4.78, 5) is 0.212. The van der Waals surface area contributed by atoms with Crippen LogP contribution in [0.5, 0.6) is 0 Å². The van der Waals surface area contributed by atoms with Crippen LogP contribution in [0.1, 0.15) is 29.8 Å². The first-order valence-corrected chi connectivity index (χ1v) is 17.8. The molecule has 1 atom stereocenters. The predicted octanol–water partition coefficient (Wildman–Crippen LogP) is 8.32. The smallest absolute Gasteiger partial charge is 0.268 e. The Kier molecular flexibility index (Phi) is 6.96. The van der Waals surface area contributed by atoms with Gasteiger partial charge in [-0.15, -0.1) is 0 Å². The van der Waals surface area contributed by atoms with Crippen molar-refractivity contribution in [3.05, 3.63) is 151 Å². The van der Waals surface area contributed by atoms with E-state index >= 15 is 4.57 Å². The molecule has 5 aromatic carbocycles. The summed E-state index contributed by atoms with van der Waals surface area (Å²) in [6.07, 6.45) is 1.77. The van der Waals surface area contributed by atoms with Crippen LogP contribution >= 0.6 is 7.14 Å². The first-order chi connectivity index (χ1) is 20.9. The van der Waals surface area contributed by atoms with Crippen LogP contribution in [0.25, 0.3) is 22.0 Å². The van der Waals surface area contributed by atoms with Crippen LogP contribution in [0.15, 0.2) is 144 Å². The minimum Gasteiger partial charge on any atom is -0.313 e. The first-order valence-electron chi connectivity index (χ1n) is 14.6. The van der Waals surface area contributed by atoms with Crippen LogP contribution in [0, 0.1) is 12.8 Å². The van der Waals surface area contributed by atoms with Gasteiger partial charge in [-0.05, 0) is 49.4 Å². The number of nitrogens with zero attached hydrogens (tertiary/aromatic N) is 1. The molecule has 0 bridgehead atoms. The van der Waals surface area contributed by atoms with E-state index in [9.17, 15) is 8.42 Å². The highest BCUT2D eigenvalue weighted by atomic mass is 32.2. The Morgan fingerprint density at radius 1 is 0.674 bits per heavy atom. The summed E-state index contributed by atoms with van der Waals surface area (Å²) in [5.41, 5.74) is 3.36. The Balaban J connectivity index is 1.65. The maximum atomic E-state index is 16.1. The number of aryl methyl sites for hydroxylation is 1. The van der Waals surface area contributed by atoms with Gasteiger partial charge in [0.2, 0.25) is 0 Å². The number of hydrogen-bond donors (Lipinski definition) is 0. The van der Waals surface area contributed by atoms with Crippen molar-refractivity contribution in [2.45, 2.75) is 30.3 Å². The molecule has 1 unspecified atom stereocenters. The Morgan fingerprint density at radius 2 is 1.19 bits per heavy atom. The summed E-state index contributed by atoms with van der Waals surface area (Å²) in [5.74, 6) is 0.0602. The molecule has 214 valence electrons. The lowest BCUT2D eigenvalue weighted by molar-refractivity contribution is 0.566. The van der Waals surface area contributed by atoms with Crippen LogP contribution in [0.4, 0.5) is 0 Å². The molecule has 1 saturated carbocycles. The SMILES string of the molecule is Cc1ccc(S(=O)(=O)n2c(C(C3CC3)P(=O)(c3ccccc3)c3ccccc3)c(-c3ccccc3)c3ccccc32)cc1. The van der Waals surface area contributed by atoms with E-state index in [0.29, 0.717) is 11.2 Å². The molecule has 1 aliphatic rings. The molecule has 6 aromatic rings. The van der Waals surface area contributed by atoms with Crippen LogP contribution < -0.4 is 10.6 Å². The summed E-state index contributed by atoms with van der Waals surface area (Å²) in [7, 11) is -7.51. The van der Waals surface area contributed by atoms with E-state index in [-0.39, 0.29) is 10.8 Å². The Labute approximate surface area is 253 Å². The molecule has 0 aliphatic heterocycles. The maximum Gasteiger partial charge on any atom is 0.268 e. The van der Waals surface area contributed by atoms with E-state index in [1.165, 1.54) is 3.97 Å². The van der Waals surface area contributed by atoms with Crippen molar-refractivity contribution >= 4 is 38.7 Å². The highest BCUT2D eigenvalue weighted by Gasteiger charge is 2.50. The van der Waals surface area contributed by atoms with Crippen molar-refractivity contribution in [2.75, 3.05) is 0 Å². The van der Waals surface area contributed by atoms with Crippen molar-refractivity contribution in [3.8, 4) is 11.1 Å². The molecule has 0 saturated heterocycles. The molecule has 6 heteroatoms. The average molecular weight is 602 g/mol. The number of aromatic nitrogens is 1. The summed E-state index contributed by atoms with van der Waals surface area (Å²) in [6.45, 7) is 1.94. The van der Waals surface area contributed by atoms with Crippen molar-refractivity contribution in [3.63, 3.8) is 0 Å². The second-order valence-corrected chi connectivity index (χ2v) is 16.0. The number of rotatable bonds is 8. The van der Waals surface area contributed by atoms with Gasteiger partial charge in [0.25, 0.3) is 10.0 Å². The highest BCUT2D eigenvalue weighted by Crippen LogP contribution is 2.67. The van der Waals surface area contributed by atoms with E-state index < -0.39 is 22.8 Å². The molecule has 1 fully saturated rings. The lowest BCUT2D eigenvalue weighted by atomic mass is 9.99. The van der Waals surface area contributed by atoms with Crippen molar-refractivity contribution < 1.29 is 13.0 Å². The zero-order valence-electron chi connectivity index (χ0n) is 23.9. The molecule has 1 aliphatic carbocycles. The summed E-state index contributed by atoms with van der Waals surface area (Å²) >= 11 is 0. The van der Waals surface area contributed by atoms with Gasteiger partial charge >= 0.3 is 0 Å². The standard InChI is InChI=1S/C37H32NO3PS/c1-27-21-25-32(26-22-27)43(40,41)38-34-20-12-11-19-33(34)35(28-13-5-2-6-14-28)36(38)37(29-23-24-29)42(39,30-15-7-3-8-16-30)31-17-9-4-10-18-31/h2-22,25-26,29,37H,23-24H2,1H3. The maximum absolute atomic E-state index is 16.1. The van der Waals surface area contributed by atoms with Gasteiger partial charge in [0.1, 0.15) is 0 Å². The fourth-order valence-corrected chi connectivity index (χ4v) is 11.7. The second kappa shape index (κ2) is 10.8. The number of hydrogen-bond acceptors (Lipinski definition) is 3. The molecule has 43 heavy (non-hydrogen) atoms. The molecular weight excluding hydrogens is 569 g/mol. The largest absolute Gasteiger partial charge is 0.313 e. The van der Waals surface area contributed by atoms with Crippen LogP contribution in [-0.2, 0) is 14.6 Å². The zero-order valence-corrected chi connectivity index (χ0v) is 25.6. The zero-order chi connectivity index (χ0) is 29.6. The van der Waals surface area contributed by atoms with E-state index in [1.807, 2.05) is 134 Å². The molecule has 0 radical (unpaired) electrons. The molecule has 0 spiro atoms. The van der Waals surface area contributed by atoms with Gasteiger partial charge < -0.3 is 4.57 Å². The van der Waals surface area contributed by atoms with Gasteiger partial charge in [-0.3, -0.25) is 0 Å². The molecule has 0 amide bonds. The van der Waals surface area contributed by atoms with Crippen LogP contribution in [0.3, 0.4) is 0 Å². The van der Waals surface area contributed by atoms with Crippen molar-refractivity contribution in [1.82, 2.24) is 3.97 Å². The van der Waals surface area contributed by atoms with Gasteiger partial charge in [0, 0.05) is 21.6 Å². The van der Waals surface area contributed by atoms with E-state index in [4.69, 9.17) is 0 Å². The molecule has 1 heterocycles. The highest BCUT2D eigenvalue weighted by molar-refractivity contribution is 7.90. The Bertz CT molecular complexity index is 2020. The Hall–Kier alpha value is -4.18. The monoisotopic (exact) mass is 601 g/mol. The first kappa shape index (κ1) is 27.6. The normalized spacial score (nSPS) is 14.5. The summed E-state index contributed by atoms with van der Waals surface area (Å²) in [6, 6.07) is 43.9. The van der Waals surface area contributed by atoms with Gasteiger partial charge in [-0.25, -0.2) is 12.4 Å². The van der Waals surface area contributed by atoms with Gasteiger partial charge in [-0.2, -0.15) is 0 Å². The minimum atomic E-state index is -4.08. The topological polar surface area (TPSA) is 56.1 Å². The van der Waals surface area contributed by atoms with Crippen LogP contribution in [-0.4, -0.2) is 12.4 Å². The summed E-state index contributed by atoms with van der Waals surface area (Å²) in [5, 5.41) is 2.31. The lowest BCUT2D eigenvalue weighted by Crippen LogP contribution is -2.26. The Morgan fingerprint density at radius 3 is 1.74 bits per heavy atom. The van der Waals surface area contributed by atoms with Gasteiger partial charge in [0.15, 0.2) is 7.14 Å². The van der Waals surface area contributed by atoms with E-state index in [1.54, 1.807) is 12.1 Å². The minimum absolute atomic E-state index is 0.0602. The third kappa shape index (κ3) is 4.68. The fourth-order valence-electron chi connectivity index (χ4n) is 6.36. The molecule has 4 nitrogen and oxygen atoms in total. The fraction of sp³-hybridized carbons (Fsp3) is 0.135. The number of fused-ring (bicyclic) bond motifs is 1. The molecule has 0 N–H and O–H groups in total. The van der Waals surface area contributed by atoms with E-state index in [2.05, 4.69) is 0 Å². The predicted molar refractivity (Wildman–Crippen MR) is 176 cm³/mol. The number of para-hydroxylation sites is 1. The third-order valence-corrected chi connectivity index (χ3v) is 13.8.